The summed E-state index contributed by atoms with van der Waals surface area (Å²) in [6.45, 7) is 2.05. The Balaban J connectivity index is 2.07. The van der Waals surface area contributed by atoms with E-state index in [-0.39, 0.29) is 12.1 Å². The molecule has 1 saturated heterocycles. The molecule has 116 valence electrons. The standard InChI is InChI=1S/C14H22ClN5O/c1-18-14(21)19-10-2-4-20(5-3-10)13-7-9(15)6-12(17)11(13)8-16/h6-7,10H,2-5,8,16-17H2,1H3,(H2,18,19,21). The van der Waals surface area contributed by atoms with Crippen LogP contribution >= 0.6 is 11.6 Å². The largest absolute Gasteiger partial charge is 0.398 e. The summed E-state index contributed by atoms with van der Waals surface area (Å²) in [5, 5.41) is 6.13. The molecule has 2 rings (SSSR count). The van der Waals surface area contributed by atoms with Crippen LogP contribution in [-0.4, -0.2) is 32.2 Å². The topological polar surface area (TPSA) is 96.4 Å². The summed E-state index contributed by atoms with van der Waals surface area (Å²) in [6, 6.07) is 3.70. The van der Waals surface area contributed by atoms with Crippen molar-refractivity contribution in [3.63, 3.8) is 0 Å². The van der Waals surface area contributed by atoms with Gasteiger partial charge < -0.3 is 27.0 Å². The number of hydrogen-bond acceptors (Lipinski definition) is 4. The molecule has 6 nitrogen and oxygen atoms in total. The molecule has 0 aliphatic carbocycles. The molecule has 1 fully saturated rings. The Morgan fingerprint density at radius 2 is 2.10 bits per heavy atom. The lowest BCUT2D eigenvalue weighted by Crippen LogP contribution is -2.47. The number of nitrogens with zero attached hydrogens (tertiary/aromatic N) is 1. The number of anilines is 2. The second-order valence-electron chi connectivity index (χ2n) is 5.18. The summed E-state index contributed by atoms with van der Waals surface area (Å²) < 4.78 is 0. The number of halogens is 1. The fraction of sp³-hybridized carbons (Fsp3) is 0.500. The van der Waals surface area contributed by atoms with Crippen molar-refractivity contribution in [2.45, 2.75) is 25.4 Å². The number of nitrogen functional groups attached to an aromatic ring is 1. The number of rotatable bonds is 3. The summed E-state index contributed by atoms with van der Waals surface area (Å²) in [5.74, 6) is 0. The van der Waals surface area contributed by atoms with E-state index in [4.69, 9.17) is 23.1 Å². The van der Waals surface area contributed by atoms with Gasteiger partial charge in [0, 0.05) is 54.7 Å². The monoisotopic (exact) mass is 311 g/mol. The molecule has 1 aliphatic rings. The highest BCUT2D eigenvalue weighted by Crippen LogP contribution is 2.31. The van der Waals surface area contributed by atoms with Crippen LogP contribution in [0.1, 0.15) is 18.4 Å². The molecule has 0 bridgehead atoms. The number of benzene rings is 1. The van der Waals surface area contributed by atoms with E-state index in [0.29, 0.717) is 17.3 Å². The highest BCUT2D eigenvalue weighted by atomic mass is 35.5. The zero-order valence-corrected chi connectivity index (χ0v) is 12.9. The van der Waals surface area contributed by atoms with Crippen LogP contribution in [0.15, 0.2) is 12.1 Å². The van der Waals surface area contributed by atoms with Crippen LogP contribution < -0.4 is 27.0 Å². The van der Waals surface area contributed by atoms with Gasteiger partial charge in [0.05, 0.1) is 0 Å². The van der Waals surface area contributed by atoms with Gasteiger partial charge in [0.2, 0.25) is 0 Å². The normalized spacial score (nSPS) is 15.9. The molecule has 7 heteroatoms. The van der Waals surface area contributed by atoms with Crippen LogP contribution in [0, 0.1) is 0 Å². The number of urea groups is 1. The minimum atomic E-state index is -0.136. The number of amides is 2. The molecular formula is C14H22ClN5O. The van der Waals surface area contributed by atoms with Gasteiger partial charge in [-0.15, -0.1) is 0 Å². The lowest BCUT2D eigenvalue weighted by atomic mass is 10.0. The molecule has 1 aromatic rings. The Kier molecular flexibility index (Phi) is 5.14. The van der Waals surface area contributed by atoms with Gasteiger partial charge in [-0.3, -0.25) is 0 Å². The minimum Gasteiger partial charge on any atom is -0.398 e. The van der Waals surface area contributed by atoms with Crippen molar-refractivity contribution >= 4 is 29.0 Å². The molecule has 6 N–H and O–H groups in total. The molecule has 0 aromatic heterocycles. The predicted octanol–water partition coefficient (Wildman–Crippen LogP) is 1.28. The summed E-state index contributed by atoms with van der Waals surface area (Å²) in [4.78, 5) is 13.6. The SMILES string of the molecule is CNC(=O)NC1CCN(c2cc(Cl)cc(N)c2CN)CC1. The Labute approximate surface area is 129 Å². The zero-order valence-electron chi connectivity index (χ0n) is 12.2. The van der Waals surface area contributed by atoms with E-state index < -0.39 is 0 Å². The number of carbonyl (C=O) groups excluding carboxylic acids is 1. The maximum atomic E-state index is 11.3. The third-order valence-electron chi connectivity index (χ3n) is 3.83. The molecule has 0 unspecified atom stereocenters. The molecule has 1 aromatic carbocycles. The lowest BCUT2D eigenvalue weighted by molar-refractivity contribution is 0.236. The van der Waals surface area contributed by atoms with Crippen LogP contribution in [0.2, 0.25) is 5.02 Å². The molecule has 0 spiro atoms. The van der Waals surface area contributed by atoms with Gasteiger partial charge in [0.25, 0.3) is 0 Å². The highest BCUT2D eigenvalue weighted by Gasteiger charge is 2.22. The van der Waals surface area contributed by atoms with Crippen LogP contribution in [-0.2, 0) is 6.54 Å². The third kappa shape index (κ3) is 3.71. The van der Waals surface area contributed by atoms with E-state index >= 15 is 0 Å². The number of piperidine rings is 1. The van der Waals surface area contributed by atoms with E-state index in [1.165, 1.54) is 0 Å². The van der Waals surface area contributed by atoms with Gasteiger partial charge in [0.1, 0.15) is 0 Å². The van der Waals surface area contributed by atoms with Gasteiger partial charge >= 0.3 is 6.03 Å². The van der Waals surface area contributed by atoms with Gasteiger partial charge in [-0.1, -0.05) is 11.6 Å². The first kappa shape index (κ1) is 15.7. The van der Waals surface area contributed by atoms with Crippen molar-refractivity contribution < 1.29 is 4.79 Å². The summed E-state index contributed by atoms with van der Waals surface area (Å²) >= 11 is 6.10. The number of nitrogens with one attached hydrogen (secondary N) is 2. The summed E-state index contributed by atoms with van der Waals surface area (Å²) in [7, 11) is 1.62. The van der Waals surface area contributed by atoms with Crippen molar-refractivity contribution in [1.82, 2.24) is 10.6 Å². The maximum absolute atomic E-state index is 11.3. The molecule has 0 radical (unpaired) electrons. The van der Waals surface area contributed by atoms with E-state index in [0.717, 1.165) is 37.2 Å². The summed E-state index contributed by atoms with van der Waals surface area (Å²) in [6.07, 6.45) is 1.76. The predicted molar refractivity (Wildman–Crippen MR) is 86.6 cm³/mol. The molecule has 21 heavy (non-hydrogen) atoms. The average Bonchev–Trinajstić information content (AvgIpc) is 2.47. The van der Waals surface area contributed by atoms with Gasteiger partial charge in [-0.2, -0.15) is 0 Å². The fourth-order valence-electron chi connectivity index (χ4n) is 2.67. The molecule has 1 aliphatic heterocycles. The average molecular weight is 312 g/mol. The second kappa shape index (κ2) is 6.87. The molecular weight excluding hydrogens is 290 g/mol. The quantitative estimate of drug-likeness (QED) is 0.632. The zero-order chi connectivity index (χ0) is 15.4. The first-order valence-electron chi connectivity index (χ1n) is 7.06. The van der Waals surface area contributed by atoms with Crippen molar-refractivity contribution in [1.29, 1.82) is 0 Å². The molecule has 2 amide bonds. The van der Waals surface area contributed by atoms with Crippen LogP contribution in [0.25, 0.3) is 0 Å². The highest BCUT2D eigenvalue weighted by molar-refractivity contribution is 6.31. The van der Waals surface area contributed by atoms with E-state index in [1.807, 2.05) is 6.07 Å². The van der Waals surface area contributed by atoms with E-state index in [2.05, 4.69) is 15.5 Å². The fourth-order valence-corrected chi connectivity index (χ4v) is 2.89. The summed E-state index contributed by atoms with van der Waals surface area (Å²) in [5.41, 5.74) is 14.4. The molecule has 0 atom stereocenters. The third-order valence-corrected chi connectivity index (χ3v) is 4.05. The maximum Gasteiger partial charge on any atom is 0.314 e. The van der Waals surface area contributed by atoms with Crippen molar-refractivity contribution in [3.8, 4) is 0 Å². The molecule has 1 heterocycles. The first-order chi connectivity index (χ1) is 10.0. The van der Waals surface area contributed by atoms with Gasteiger partial charge in [-0.05, 0) is 25.0 Å². The smallest absolute Gasteiger partial charge is 0.314 e. The van der Waals surface area contributed by atoms with Crippen LogP contribution in [0.4, 0.5) is 16.2 Å². The first-order valence-corrected chi connectivity index (χ1v) is 7.44. The van der Waals surface area contributed by atoms with E-state index in [1.54, 1.807) is 13.1 Å². The Morgan fingerprint density at radius 3 is 2.67 bits per heavy atom. The minimum absolute atomic E-state index is 0.136. The Bertz CT molecular complexity index is 514. The second-order valence-corrected chi connectivity index (χ2v) is 5.62. The van der Waals surface area contributed by atoms with Gasteiger partial charge in [0.15, 0.2) is 0 Å². The van der Waals surface area contributed by atoms with Crippen molar-refractivity contribution in [2.75, 3.05) is 30.8 Å². The molecule has 0 saturated carbocycles. The Morgan fingerprint density at radius 1 is 1.43 bits per heavy atom. The number of hydrogen-bond donors (Lipinski definition) is 4. The number of nitrogens with two attached hydrogens (primary N) is 2. The number of carbonyl (C=O) groups is 1. The van der Waals surface area contributed by atoms with Crippen LogP contribution in [0.5, 0.6) is 0 Å². The van der Waals surface area contributed by atoms with Crippen molar-refractivity contribution in [3.05, 3.63) is 22.7 Å². The van der Waals surface area contributed by atoms with Crippen LogP contribution in [0.3, 0.4) is 0 Å². The van der Waals surface area contributed by atoms with Gasteiger partial charge in [-0.25, -0.2) is 4.79 Å². The Hall–Kier alpha value is -1.66. The van der Waals surface area contributed by atoms with E-state index in [9.17, 15) is 4.79 Å². The van der Waals surface area contributed by atoms with Crippen molar-refractivity contribution in [2.24, 2.45) is 5.73 Å². The lowest BCUT2D eigenvalue weighted by Gasteiger charge is -2.35.